The van der Waals surface area contributed by atoms with Crippen LogP contribution in [0.5, 0.6) is 0 Å². The molecule has 0 aliphatic rings. The van der Waals surface area contributed by atoms with E-state index in [4.69, 9.17) is 0 Å². The minimum absolute atomic E-state index is 0.0954. The van der Waals surface area contributed by atoms with Crippen molar-refractivity contribution in [2.75, 3.05) is 7.05 Å². The van der Waals surface area contributed by atoms with Crippen LogP contribution in [0.1, 0.15) is 24.2 Å². The van der Waals surface area contributed by atoms with E-state index in [0.717, 1.165) is 5.56 Å². The summed E-state index contributed by atoms with van der Waals surface area (Å²) in [6, 6.07) is 11.0. The van der Waals surface area contributed by atoms with Crippen LogP contribution in [-0.2, 0) is 0 Å². The SMILES string of the molecule is CC(C)N(C)C(=O)c1c[nH]c(=O)cc1-c1ccccc1. The molecule has 20 heavy (non-hydrogen) atoms. The lowest BCUT2D eigenvalue weighted by Crippen LogP contribution is -2.33. The van der Waals surface area contributed by atoms with Crippen LogP contribution in [0.4, 0.5) is 0 Å². The summed E-state index contributed by atoms with van der Waals surface area (Å²) in [7, 11) is 1.76. The van der Waals surface area contributed by atoms with Crippen molar-refractivity contribution in [2.24, 2.45) is 0 Å². The van der Waals surface area contributed by atoms with Gasteiger partial charge in [0.15, 0.2) is 0 Å². The molecule has 1 aromatic heterocycles. The van der Waals surface area contributed by atoms with Gasteiger partial charge in [-0.1, -0.05) is 30.3 Å². The number of hydrogen-bond acceptors (Lipinski definition) is 2. The maximum Gasteiger partial charge on any atom is 0.255 e. The van der Waals surface area contributed by atoms with E-state index >= 15 is 0 Å². The summed E-state index contributed by atoms with van der Waals surface area (Å²) >= 11 is 0. The second-order valence-electron chi connectivity index (χ2n) is 5.00. The first kappa shape index (κ1) is 14.1. The highest BCUT2D eigenvalue weighted by Gasteiger charge is 2.19. The zero-order valence-electron chi connectivity index (χ0n) is 11.9. The molecule has 1 amide bonds. The summed E-state index contributed by atoms with van der Waals surface area (Å²) < 4.78 is 0. The van der Waals surface area contributed by atoms with Gasteiger partial charge in [-0.2, -0.15) is 0 Å². The van der Waals surface area contributed by atoms with E-state index < -0.39 is 0 Å². The Kier molecular flexibility index (Phi) is 4.03. The van der Waals surface area contributed by atoms with Gasteiger partial charge >= 0.3 is 0 Å². The molecule has 0 spiro atoms. The summed E-state index contributed by atoms with van der Waals surface area (Å²) in [5, 5.41) is 0. The summed E-state index contributed by atoms with van der Waals surface area (Å²) in [6.07, 6.45) is 1.49. The van der Waals surface area contributed by atoms with Crippen molar-refractivity contribution >= 4 is 5.91 Å². The second kappa shape index (κ2) is 5.74. The smallest absolute Gasteiger partial charge is 0.255 e. The number of hydrogen-bond donors (Lipinski definition) is 1. The Morgan fingerprint density at radius 3 is 2.45 bits per heavy atom. The fourth-order valence-corrected chi connectivity index (χ4v) is 1.93. The van der Waals surface area contributed by atoms with Gasteiger partial charge in [-0.15, -0.1) is 0 Å². The van der Waals surface area contributed by atoms with Crippen LogP contribution in [0.15, 0.2) is 47.4 Å². The van der Waals surface area contributed by atoms with E-state index in [-0.39, 0.29) is 17.5 Å². The van der Waals surface area contributed by atoms with Gasteiger partial charge in [0.1, 0.15) is 0 Å². The molecule has 0 aliphatic carbocycles. The number of carbonyl (C=O) groups excluding carboxylic acids is 1. The summed E-state index contributed by atoms with van der Waals surface area (Å²) in [5.74, 6) is -0.102. The Hall–Kier alpha value is -2.36. The average Bonchev–Trinajstić information content (AvgIpc) is 2.46. The Balaban J connectivity index is 2.55. The zero-order chi connectivity index (χ0) is 14.7. The summed E-state index contributed by atoms with van der Waals surface area (Å²) in [6.45, 7) is 3.90. The van der Waals surface area contributed by atoms with Crippen LogP contribution < -0.4 is 5.56 Å². The molecule has 104 valence electrons. The Morgan fingerprint density at radius 1 is 1.20 bits per heavy atom. The minimum atomic E-state index is -0.215. The van der Waals surface area contributed by atoms with Crippen LogP contribution in [0.25, 0.3) is 11.1 Å². The minimum Gasteiger partial charge on any atom is -0.339 e. The molecule has 0 aliphatic heterocycles. The maximum absolute atomic E-state index is 12.5. The number of nitrogens with zero attached hydrogens (tertiary/aromatic N) is 1. The summed E-state index contributed by atoms with van der Waals surface area (Å²) in [5.41, 5.74) is 1.81. The van der Waals surface area contributed by atoms with Crippen molar-refractivity contribution in [2.45, 2.75) is 19.9 Å². The lowest BCUT2D eigenvalue weighted by molar-refractivity contribution is 0.0755. The number of nitrogens with one attached hydrogen (secondary N) is 1. The van der Waals surface area contributed by atoms with Crippen molar-refractivity contribution < 1.29 is 4.79 Å². The van der Waals surface area contributed by atoms with Crippen LogP contribution in [0.2, 0.25) is 0 Å². The van der Waals surface area contributed by atoms with Gasteiger partial charge in [0.05, 0.1) is 5.56 Å². The third-order valence-electron chi connectivity index (χ3n) is 3.33. The van der Waals surface area contributed by atoms with E-state index in [0.29, 0.717) is 11.1 Å². The molecule has 1 aromatic carbocycles. The molecule has 2 aromatic rings. The molecule has 0 unspecified atom stereocenters. The lowest BCUT2D eigenvalue weighted by atomic mass is 10.0. The maximum atomic E-state index is 12.5. The first-order valence-corrected chi connectivity index (χ1v) is 6.56. The monoisotopic (exact) mass is 270 g/mol. The van der Waals surface area contributed by atoms with Gasteiger partial charge in [-0.3, -0.25) is 9.59 Å². The number of aromatic amines is 1. The molecule has 4 heteroatoms. The molecule has 0 bridgehead atoms. The lowest BCUT2D eigenvalue weighted by Gasteiger charge is -2.22. The highest BCUT2D eigenvalue weighted by molar-refractivity contribution is 6.00. The van der Waals surface area contributed by atoms with Crippen molar-refractivity contribution in [3.05, 3.63) is 58.5 Å². The van der Waals surface area contributed by atoms with E-state index in [2.05, 4.69) is 4.98 Å². The van der Waals surface area contributed by atoms with Gasteiger partial charge in [0.25, 0.3) is 5.91 Å². The molecule has 4 nitrogen and oxygen atoms in total. The van der Waals surface area contributed by atoms with Gasteiger partial charge in [-0.05, 0) is 19.4 Å². The molecule has 0 radical (unpaired) electrons. The number of benzene rings is 1. The third kappa shape index (κ3) is 2.79. The molecule has 0 fully saturated rings. The molecular formula is C16H18N2O2. The highest BCUT2D eigenvalue weighted by Crippen LogP contribution is 2.22. The Bertz CT molecular complexity index is 660. The number of rotatable bonds is 3. The largest absolute Gasteiger partial charge is 0.339 e. The molecule has 1 heterocycles. The van der Waals surface area contributed by atoms with Gasteiger partial charge in [0, 0.05) is 30.9 Å². The number of aromatic nitrogens is 1. The zero-order valence-corrected chi connectivity index (χ0v) is 11.9. The van der Waals surface area contributed by atoms with Crippen LogP contribution >= 0.6 is 0 Å². The van der Waals surface area contributed by atoms with Gasteiger partial charge in [-0.25, -0.2) is 0 Å². The van der Waals surface area contributed by atoms with Crippen LogP contribution in [0.3, 0.4) is 0 Å². The second-order valence-corrected chi connectivity index (χ2v) is 5.00. The molecule has 2 rings (SSSR count). The standard InChI is InChI=1S/C16H18N2O2/c1-11(2)18(3)16(20)14-10-17-15(19)9-13(14)12-7-5-4-6-8-12/h4-11H,1-3H3,(H,17,19). The molecule has 0 saturated heterocycles. The Morgan fingerprint density at radius 2 is 1.85 bits per heavy atom. The topological polar surface area (TPSA) is 53.2 Å². The fourth-order valence-electron chi connectivity index (χ4n) is 1.93. The molecule has 0 saturated carbocycles. The van der Waals surface area contributed by atoms with Gasteiger partial charge in [0.2, 0.25) is 5.56 Å². The first-order valence-electron chi connectivity index (χ1n) is 6.56. The molecule has 1 N–H and O–H groups in total. The van der Waals surface area contributed by atoms with E-state index in [1.165, 1.54) is 12.3 Å². The summed E-state index contributed by atoms with van der Waals surface area (Å²) in [4.78, 5) is 28.3. The predicted octanol–water partition coefficient (Wildman–Crippen LogP) is 2.52. The highest BCUT2D eigenvalue weighted by atomic mass is 16.2. The van der Waals surface area contributed by atoms with Crippen molar-refractivity contribution in [1.29, 1.82) is 0 Å². The van der Waals surface area contributed by atoms with Crippen molar-refractivity contribution in [3.63, 3.8) is 0 Å². The normalized spacial score (nSPS) is 10.6. The van der Waals surface area contributed by atoms with E-state index in [1.54, 1.807) is 11.9 Å². The van der Waals surface area contributed by atoms with E-state index in [9.17, 15) is 9.59 Å². The first-order chi connectivity index (χ1) is 9.50. The average molecular weight is 270 g/mol. The van der Waals surface area contributed by atoms with Crippen LogP contribution in [-0.4, -0.2) is 28.9 Å². The Labute approximate surface area is 118 Å². The van der Waals surface area contributed by atoms with Crippen LogP contribution in [0, 0.1) is 0 Å². The third-order valence-corrected chi connectivity index (χ3v) is 3.33. The predicted molar refractivity (Wildman–Crippen MR) is 79.7 cm³/mol. The van der Waals surface area contributed by atoms with E-state index in [1.807, 2.05) is 44.2 Å². The number of pyridine rings is 1. The fraction of sp³-hybridized carbons (Fsp3) is 0.250. The quantitative estimate of drug-likeness (QED) is 0.931. The van der Waals surface area contributed by atoms with Crippen molar-refractivity contribution in [1.82, 2.24) is 9.88 Å². The number of amides is 1. The van der Waals surface area contributed by atoms with Crippen molar-refractivity contribution in [3.8, 4) is 11.1 Å². The number of carbonyl (C=O) groups is 1. The molecule has 0 atom stereocenters. The molecular weight excluding hydrogens is 252 g/mol. The number of H-pyrrole nitrogens is 1. The van der Waals surface area contributed by atoms with Gasteiger partial charge < -0.3 is 9.88 Å².